The minimum absolute atomic E-state index is 0.543. The van der Waals surface area contributed by atoms with Crippen molar-refractivity contribution in [2.75, 3.05) is 0 Å². The second-order valence-electron chi connectivity index (χ2n) is 12.9. The highest BCUT2D eigenvalue weighted by molar-refractivity contribution is 6.09. The fourth-order valence-corrected chi connectivity index (χ4v) is 6.87. The molecule has 1 aromatic heterocycles. The van der Waals surface area contributed by atoms with E-state index in [0.717, 1.165) is 28.7 Å². The summed E-state index contributed by atoms with van der Waals surface area (Å²) in [5.41, 5.74) is 12.9. The molecule has 0 saturated heterocycles. The molecule has 7 aromatic rings. The third-order valence-corrected chi connectivity index (χ3v) is 9.45. The Labute approximate surface area is 307 Å². The third kappa shape index (κ3) is 7.21. The Hall–Kier alpha value is -6.45. The van der Waals surface area contributed by atoms with Crippen LogP contribution < -0.4 is 0 Å². The molecule has 0 radical (unpaired) electrons. The minimum atomic E-state index is 0.543. The highest BCUT2D eigenvalue weighted by atomic mass is 15.0. The van der Waals surface area contributed by atoms with Gasteiger partial charge < -0.3 is 0 Å². The van der Waals surface area contributed by atoms with Gasteiger partial charge in [0, 0.05) is 11.1 Å². The molecule has 252 valence electrons. The number of hydrogen-bond donors (Lipinski definition) is 0. The summed E-state index contributed by atoms with van der Waals surface area (Å²) in [5.74, 6) is 1.72. The predicted octanol–water partition coefficient (Wildman–Crippen LogP) is 12.5. The molecule has 0 aliphatic carbocycles. The Bertz CT molecular complexity index is 2470. The lowest BCUT2D eigenvalue weighted by molar-refractivity contribution is 1.01. The van der Waals surface area contributed by atoms with Crippen LogP contribution in [0.15, 0.2) is 164 Å². The van der Waals surface area contributed by atoms with Gasteiger partial charge in [0.25, 0.3) is 0 Å². The number of aromatic nitrogens is 3. The van der Waals surface area contributed by atoms with Gasteiger partial charge in [0.1, 0.15) is 0 Å². The van der Waals surface area contributed by atoms with Crippen LogP contribution in [0.4, 0.5) is 0 Å². The van der Waals surface area contributed by atoms with E-state index in [1.54, 1.807) is 0 Å². The van der Waals surface area contributed by atoms with Gasteiger partial charge in [-0.05, 0) is 94.1 Å². The van der Waals surface area contributed by atoms with Crippen LogP contribution in [0.3, 0.4) is 0 Å². The van der Waals surface area contributed by atoms with Crippen LogP contribution in [-0.2, 0) is 6.42 Å². The number of rotatable bonds is 10. The SMILES string of the molecule is C=C(/C=C\C=C/C)c1nc(/C=C\c2ccccc2-c2c(C)c(Cc3ccccc3)c(-c3ccccc3C)c3ccccc23)nc(-c2ccccc2)n1. The van der Waals surface area contributed by atoms with Crippen molar-refractivity contribution in [2.24, 2.45) is 0 Å². The van der Waals surface area contributed by atoms with E-state index in [9.17, 15) is 0 Å². The van der Waals surface area contributed by atoms with Gasteiger partial charge in [0.05, 0.1) is 0 Å². The van der Waals surface area contributed by atoms with E-state index < -0.39 is 0 Å². The monoisotopic (exact) mass is 671 g/mol. The Morgan fingerprint density at radius 1 is 0.615 bits per heavy atom. The molecule has 0 fully saturated rings. The molecule has 0 aliphatic heterocycles. The van der Waals surface area contributed by atoms with Gasteiger partial charge in [-0.2, -0.15) is 0 Å². The van der Waals surface area contributed by atoms with Gasteiger partial charge >= 0.3 is 0 Å². The molecular formula is C49H41N3. The van der Waals surface area contributed by atoms with Crippen molar-refractivity contribution in [3.63, 3.8) is 0 Å². The molecule has 3 heteroatoms. The molecule has 0 N–H and O–H groups in total. The van der Waals surface area contributed by atoms with Gasteiger partial charge in [-0.1, -0.05) is 170 Å². The molecule has 3 nitrogen and oxygen atoms in total. The number of allylic oxidation sites excluding steroid dienone is 5. The Morgan fingerprint density at radius 2 is 1.25 bits per heavy atom. The number of fused-ring (bicyclic) bond motifs is 1. The second kappa shape index (κ2) is 15.6. The maximum atomic E-state index is 4.89. The fraction of sp³-hybridized carbons (Fsp3) is 0.0816. The maximum absolute atomic E-state index is 4.89. The third-order valence-electron chi connectivity index (χ3n) is 9.45. The average Bonchev–Trinajstić information content (AvgIpc) is 3.19. The average molecular weight is 672 g/mol. The summed E-state index contributed by atoms with van der Waals surface area (Å²) in [6, 6.07) is 47.0. The second-order valence-corrected chi connectivity index (χ2v) is 12.9. The molecule has 0 amide bonds. The van der Waals surface area contributed by atoms with Crippen LogP contribution >= 0.6 is 0 Å². The van der Waals surface area contributed by atoms with Gasteiger partial charge in [-0.25, -0.2) is 15.0 Å². The molecule has 0 atom stereocenters. The summed E-state index contributed by atoms with van der Waals surface area (Å²) in [6.07, 6.45) is 12.8. The van der Waals surface area contributed by atoms with Crippen LogP contribution in [0.1, 0.15) is 46.4 Å². The van der Waals surface area contributed by atoms with E-state index in [-0.39, 0.29) is 0 Å². The molecule has 6 aromatic carbocycles. The van der Waals surface area contributed by atoms with E-state index >= 15 is 0 Å². The van der Waals surface area contributed by atoms with E-state index in [1.807, 2.05) is 67.6 Å². The lowest BCUT2D eigenvalue weighted by atomic mass is 9.80. The predicted molar refractivity (Wildman–Crippen MR) is 221 cm³/mol. The summed E-state index contributed by atoms with van der Waals surface area (Å²) in [7, 11) is 0. The molecule has 0 spiro atoms. The summed E-state index contributed by atoms with van der Waals surface area (Å²) in [6.45, 7) is 10.7. The number of aryl methyl sites for hydroxylation is 1. The van der Waals surface area contributed by atoms with Crippen LogP contribution in [0, 0.1) is 13.8 Å². The summed E-state index contributed by atoms with van der Waals surface area (Å²) in [4.78, 5) is 14.5. The fourth-order valence-electron chi connectivity index (χ4n) is 6.87. The first kappa shape index (κ1) is 34.0. The van der Waals surface area contributed by atoms with E-state index in [1.165, 1.54) is 49.7 Å². The maximum Gasteiger partial charge on any atom is 0.164 e. The van der Waals surface area contributed by atoms with E-state index in [0.29, 0.717) is 17.5 Å². The Kier molecular flexibility index (Phi) is 10.2. The lowest BCUT2D eigenvalue weighted by Gasteiger charge is -2.23. The van der Waals surface area contributed by atoms with Gasteiger partial charge in [-0.15, -0.1) is 0 Å². The van der Waals surface area contributed by atoms with Crippen molar-refractivity contribution in [2.45, 2.75) is 27.2 Å². The van der Waals surface area contributed by atoms with E-state index in [4.69, 9.17) is 15.0 Å². The van der Waals surface area contributed by atoms with Crippen LogP contribution in [0.2, 0.25) is 0 Å². The smallest absolute Gasteiger partial charge is 0.164 e. The van der Waals surface area contributed by atoms with Crippen molar-refractivity contribution < 1.29 is 0 Å². The Balaban J connectivity index is 1.40. The standard InChI is InChI=1S/C49H41N3/c1-5-6-9-21-35(3)48-50-45(51-49(52-48)39-25-12-8-13-26-39)32-31-38-24-15-17-28-41(38)46-36(4)44(33-37-22-10-7-11-23-37)47(40-27-16-14-20-34(40)2)43-30-19-18-29-42(43)46/h5-32H,3,33H2,1-2,4H3/b6-5-,21-9-,32-31-. The summed E-state index contributed by atoms with van der Waals surface area (Å²) < 4.78 is 0. The van der Waals surface area contributed by atoms with E-state index in [2.05, 4.69) is 130 Å². The largest absolute Gasteiger partial charge is 0.209 e. The zero-order valence-electron chi connectivity index (χ0n) is 29.9. The van der Waals surface area contributed by atoms with Crippen LogP contribution in [0.5, 0.6) is 0 Å². The summed E-state index contributed by atoms with van der Waals surface area (Å²) >= 11 is 0. The lowest BCUT2D eigenvalue weighted by Crippen LogP contribution is -2.02. The van der Waals surface area contributed by atoms with Crippen molar-refractivity contribution in [1.82, 2.24) is 15.0 Å². The number of hydrogen-bond acceptors (Lipinski definition) is 3. The highest BCUT2D eigenvalue weighted by Gasteiger charge is 2.21. The first-order chi connectivity index (χ1) is 25.5. The summed E-state index contributed by atoms with van der Waals surface area (Å²) in [5, 5.41) is 2.48. The zero-order valence-corrected chi connectivity index (χ0v) is 29.9. The Morgan fingerprint density at radius 3 is 1.98 bits per heavy atom. The molecule has 0 saturated carbocycles. The number of benzene rings is 6. The molecule has 1 heterocycles. The topological polar surface area (TPSA) is 38.7 Å². The van der Waals surface area contributed by atoms with Gasteiger partial charge in [0.2, 0.25) is 0 Å². The van der Waals surface area contributed by atoms with Crippen LogP contribution in [-0.4, -0.2) is 15.0 Å². The molecule has 52 heavy (non-hydrogen) atoms. The van der Waals surface area contributed by atoms with Crippen molar-refractivity contribution in [3.05, 3.63) is 204 Å². The van der Waals surface area contributed by atoms with Crippen molar-refractivity contribution >= 4 is 28.5 Å². The highest BCUT2D eigenvalue weighted by Crippen LogP contribution is 2.44. The molecule has 0 unspecified atom stereocenters. The van der Waals surface area contributed by atoms with Crippen molar-refractivity contribution in [1.29, 1.82) is 0 Å². The first-order valence-electron chi connectivity index (χ1n) is 17.7. The van der Waals surface area contributed by atoms with Gasteiger partial charge in [-0.3, -0.25) is 0 Å². The van der Waals surface area contributed by atoms with Crippen molar-refractivity contribution in [3.8, 4) is 33.6 Å². The molecule has 0 aliphatic rings. The molecular weight excluding hydrogens is 631 g/mol. The molecule has 7 rings (SSSR count). The quantitative estimate of drug-likeness (QED) is 0.136. The number of nitrogens with zero attached hydrogens (tertiary/aromatic N) is 3. The van der Waals surface area contributed by atoms with Crippen LogP contribution in [0.25, 0.3) is 62.1 Å². The molecule has 0 bridgehead atoms. The first-order valence-corrected chi connectivity index (χ1v) is 17.7. The normalized spacial score (nSPS) is 11.7. The minimum Gasteiger partial charge on any atom is -0.209 e. The zero-order chi connectivity index (χ0) is 35.9. The van der Waals surface area contributed by atoms with Gasteiger partial charge in [0.15, 0.2) is 17.5 Å².